The van der Waals surface area contributed by atoms with Crippen LogP contribution >= 0.6 is 0 Å². The lowest BCUT2D eigenvalue weighted by Crippen LogP contribution is -2.51. The predicted molar refractivity (Wildman–Crippen MR) is 91.8 cm³/mol. The SMILES string of the molecule is C=C1C(O)CCC2(C)C(O)CC3=C(C)C(O)CC(CC12)C3(C)C. The summed E-state index contributed by atoms with van der Waals surface area (Å²) in [7, 11) is 0. The molecule has 6 unspecified atom stereocenters. The molecule has 3 aliphatic carbocycles. The Kier molecular flexibility index (Phi) is 4.06. The van der Waals surface area contributed by atoms with Gasteiger partial charge in [0.05, 0.1) is 18.3 Å². The highest BCUT2D eigenvalue weighted by Gasteiger charge is 2.53. The van der Waals surface area contributed by atoms with Gasteiger partial charge in [-0.2, -0.15) is 0 Å². The van der Waals surface area contributed by atoms with E-state index in [1.165, 1.54) is 5.57 Å². The second-order valence-corrected chi connectivity index (χ2v) is 8.98. The van der Waals surface area contributed by atoms with E-state index in [2.05, 4.69) is 27.4 Å². The van der Waals surface area contributed by atoms with Crippen molar-refractivity contribution in [3.63, 3.8) is 0 Å². The summed E-state index contributed by atoms with van der Waals surface area (Å²) in [5, 5.41) is 31.9. The molecule has 0 aromatic rings. The molecule has 6 atom stereocenters. The summed E-state index contributed by atoms with van der Waals surface area (Å²) in [5.74, 6) is 0.479. The molecule has 0 spiro atoms. The molecule has 23 heavy (non-hydrogen) atoms. The maximum Gasteiger partial charge on any atom is 0.0753 e. The van der Waals surface area contributed by atoms with Gasteiger partial charge in [0.25, 0.3) is 0 Å². The van der Waals surface area contributed by atoms with Crippen molar-refractivity contribution >= 4 is 0 Å². The smallest absolute Gasteiger partial charge is 0.0753 e. The van der Waals surface area contributed by atoms with Crippen LogP contribution in [0.3, 0.4) is 0 Å². The van der Waals surface area contributed by atoms with Crippen LogP contribution in [0.2, 0.25) is 0 Å². The molecule has 3 rings (SSSR count). The van der Waals surface area contributed by atoms with Crippen LogP contribution in [0, 0.1) is 22.7 Å². The standard InChI is InChI=1S/C20H32O3/c1-11-14-10-18(23)20(5)7-6-16(21)12(2)15(20)8-13(9-17(11)22)19(14,3)4/h13,15-18,21-23H,2,6-10H2,1,3-5H3. The summed E-state index contributed by atoms with van der Waals surface area (Å²) < 4.78 is 0. The third kappa shape index (κ3) is 2.43. The summed E-state index contributed by atoms with van der Waals surface area (Å²) in [6.07, 6.45) is 2.52. The van der Waals surface area contributed by atoms with Gasteiger partial charge in [-0.3, -0.25) is 0 Å². The molecular weight excluding hydrogens is 288 g/mol. The minimum absolute atomic E-state index is 0.0195. The molecule has 0 aromatic heterocycles. The van der Waals surface area contributed by atoms with Crippen LogP contribution < -0.4 is 0 Å². The fourth-order valence-corrected chi connectivity index (χ4v) is 5.51. The number of fused-ring (bicyclic) bond motifs is 3. The molecule has 130 valence electrons. The monoisotopic (exact) mass is 320 g/mol. The average Bonchev–Trinajstić information content (AvgIpc) is 2.48. The Balaban J connectivity index is 2.09. The molecule has 3 heteroatoms. The quantitative estimate of drug-likeness (QED) is 0.601. The molecule has 0 saturated heterocycles. The van der Waals surface area contributed by atoms with Crippen molar-refractivity contribution in [1.29, 1.82) is 0 Å². The van der Waals surface area contributed by atoms with Crippen molar-refractivity contribution in [2.24, 2.45) is 22.7 Å². The van der Waals surface area contributed by atoms with E-state index in [9.17, 15) is 15.3 Å². The predicted octanol–water partition coefficient (Wildman–Crippen LogP) is 3.20. The molecule has 0 aromatic carbocycles. The Morgan fingerprint density at radius 1 is 1.04 bits per heavy atom. The Hall–Kier alpha value is -0.640. The van der Waals surface area contributed by atoms with Crippen LogP contribution in [0.1, 0.15) is 59.8 Å². The van der Waals surface area contributed by atoms with E-state index in [0.717, 1.165) is 30.4 Å². The van der Waals surface area contributed by atoms with Crippen LogP contribution in [0.5, 0.6) is 0 Å². The molecule has 0 heterocycles. The lowest BCUT2D eigenvalue weighted by molar-refractivity contribution is -0.0649. The van der Waals surface area contributed by atoms with Gasteiger partial charge in [0.1, 0.15) is 0 Å². The first-order valence-electron chi connectivity index (χ1n) is 9.02. The summed E-state index contributed by atoms with van der Waals surface area (Å²) in [6.45, 7) is 12.9. The number of aliphatic hydroxyl groups is 3. The van der Waals surface area contributed by atoms with E-state index in [-0.39, 0.29) is 16.7 Å². The first-order chi connectivity index (χ1) is 10.6. The van der Waals surface area contributed by atoms with Gasteiger partial charge in [-0.25, -0.2) is 0 Å². The summed E-state index contributed by atoms with van der Waals surface area (Å²) in [5.41, 5.74) is 2.94. The number of hydrogen-bond donors (Lipinski definition) is 3. The molecule has 3 aliphatic rings. The van der Waals surface area contributed by atoms with Crippen molar-refractivity contribution in [2.45, 2.75) is 78.1 Å². The van der Waals surface area contributed by atoms with E-state index >= 15 is 0 Å². The van der Waals surface area contributed by atoms with Crippen molar-refractivity contribution in [3.05, 3.63) is 23.3 Å². The number of hydrogen-bond acceptors (Lipinski definition) is 3. The molecule has 0 aliphatic heterocycles. The Morgan fingerprint density at radius 2 is 1.70 bits per heavy atom. The van der Waals surface area contributed by atoms with Crippen molar-refractivity contribution in [1.82, 2.24) is 0 Å². The second kappa shape index (κ2) is 5.44. The lowest BCUT2D eigenvalue weighted by Gasteiger charge is -2.55. The normalized spacial score (nSPS) is 46.9. The van der Waals surface area contributed by atoms with Crippen LogP contribution in [0.15, 0.2) is 23.3 Å². The van der Waals surface area contributed by atoms with Crippen LogP contribution in [0.25, 0.3) is 0 Å². The Morgan fingerprint density at radius 3 is 2.35 bits per heavy atom. The Labute approximate surface area is 140 Å². The van der Waals surface area contributed by atoms with E-state index < -0.39 is 18.3 Å². The topological polar surface area (TPSA) is 60.7 Å². The molecule has 3 N–H and O–H groups in total. The third-order valence-electron chi connectivity index (χ3n) is 7.59. The first kappa shape index (κ1) is 17.2. The van der Waals surface area contributed by atoms with Crippen LogP contribution in [0.4, 0.5) is 0 Å². The van der Waals surface area contributed by atoms with E-state index in [4.69, 9.17) is 0 Å². The third-order valence-corrected chi connectivity index (χ3v) is 7.59. The zero-order chi connectivity index (χ0) is 17.2. The van der Waals surface area contributed by atoms with Crippen molar-refractivity contribution in [3.8, 4) is 0 Å². The maximum atomic E-state index is 11.1. The highest BCUT2D eigenvalue weighted by molar-refractivity contribution is 5.31. The van der Waals surface area contributed by atoms with E-state index in [1.807, 2.05) is 6.92 Å². The summed E-state index contributed by atoms with van der Waals surface area (Å²) >= 11 is 0. The van der Waals surface area contributed by atoms with Gasteiger partial charge in [-0.1, -0.05) is 32.9 Å². The summed E-state index contributed by atoms with van der Waals surface area (Å²) in [4.78, 5) is 0. The Bertz CT molecular complexity index is 547. The van der Waals surface area contributed by atoms with Gasteiger partial charge in [0.2, 0.25) is 0 Å². The zero-order valence-corrected chi connectivity index (χ0v) is 15.0. The molecule has 2 saturated carbocycles. The molecule has 3 nitrogen and oxygen atoms in total. The van der Waals surface area contributed by atoms with Gasteiger partial charge in [-0.15, -0.1) is 0 Å². The van der Waals surface area contributed by atoms with Gasteiger partial charge >= 0.3 is 0 Å². The zero-order valence-electron chi connectivity index (χ0n) is 15.0. The minimum Gasteiger partial charge on any atom is -0.392 e. The highest BCUT2D eigenvalue weighted by Crippen LogP contribution is 2.58. The van der Waals surface area contributed by atoms with Crippen molar-refractivity contribution in [2.75, 3.05) is 0 Å². The van der Waals surface area contributed by atoms with Crippen molar-refractivity contribution < 1.29 is 15.3 Å². The highest BCUT2D eigenvalue weighted by atomic mass is 16.3. The van der Waals surface area contributed by atoms with Gasteiger partial charge < -0.3 is 15.3 Å². The lowest BCUT2D eigenvalue weighted by atomic mass is 9.51. The second-order valence-electron chi connectivity index (χ2n) is 8.98. The molecule has 0 amide bonds. The van der Waals surface area contributed by atoms with Crippen LogP contribution in [-0.2, 0) is 0 Å². The molecule has 2 bridgehead atoms. The number of aliphatic hydroxyl groups excluding tert-OH is 3. The minimum atomic E-state index is -0.452. The molecule has 0 radical (unpaired) electrons. The van der Waals surface area contributed by atoms with Crippen LogP contribution in [-0.4, -0.2) is 33.6 Å². The number of rotatable bonds is 0. The fraction of sp³-hybridized carbons (Fsp3) is 0.800. The summed E-state index contributed by atoms with van der Waals surface area (Å²) in [6, 6.07) is 0. The largest absolute Gasteiger partial charge is 0.392 e. The van der Waals surface area contributed by atoms with E-state index in [0.29, 0.717) is 18.8 Å². The fourth-order valence-electron chi connectivity index (χ4n) is 5.51. The first-order valence-corrected chi connectivity index (χ1v) is 9.02. The van der Waals surface area contributed by atoms with Gasteiger partial charge in [0, 0.05) is 5.41 Å². The molecule has 2 fully saturated rings. The maximum absolute atomic E-state index is 11.1. The van der Waals surface area contributed by atoms with Gasteiger partial charge in [-0.05, 0) is 67.4 Å². The molecular formula is C20H32O3. The van der Waals surface area contributed by atoms with Gasteiger partial charge in [0.15, 0.2) is 0 Å². The average molecular weight is 320 g/mol. The van der Waals surface area contributed by atoms with E-state index in [1.54, 1.807) is 0 Å².